The van der Waals surface area contributed by atoms with Gasteiger partial charge in [0, 0.05) is 0 Å². The van der Waals surface area contributed by atoms with Crippen molar-refractivity contribution in [2.75, 3.05) is 10.6 Å². The third-order valence-electron chi connectivity index (χ3n) is 2.66. The molecular weight excluding hydrogens is 399 g/mol. The van der Waals surface area contributed by atoms with E-state index in [1.807, 2.05) is 0 Å². The number of hydrogen-bond acceptors (Lipinski definition) is 4. The number of carbonyl (C=O) groups excluding carboxylic acids is 2. The molecule has 0 saturated heterocycles. The number of hydrogen-bond donors (Lipinski definition) is 2. The summed E-state index contributed by atoms with van der Waals surface area (Å²) in [5, 5.41) is 5.10. The highest BCUT2D eigenvalue weighted by molar-refractivity contribution is 9.11. The van der Waals surface area contributed by atoms with E-state index in [0.29, 0.717) is 4.88 Å². The second-order valence-electron chi connectivity index (χ2n) is 5.87. The van der Waals surface area contributed by atoms with Crippen molar-refractivity contribution in [2.24, 2.45) is 0 Å². The molecule has 2 rings (SSSR count). The summed E-state index contributed by atoms with van der Waals surface area (Å²) in [5.41, 5.74) is -0.276. The number of rotatable bonds is 3. The number of anilines is 2. The van der Waals surface area contributed by atoms with Crippen molar-refractivity contribution >= 4 is 50.6 Å². The Hall–Kier alpha value is -1.93. The van der Waals surface area contributed by atoms with Crippen LogP contribution in [-0.4, -0.2) is 17.6 Å². The van der Waals surface area contributed by atoms with Crippen molar-refractivity contribution in [1.82, 2.24) is 0 Å². The van der Waals surface area contributed by atoms with Crippen molar-refractivity contribution in [3.63, 3.8) is 0 Å². The molecule has 0 spiro atoms. The first-order chi connectivity index (χ1) is 11.1. The summed E-state index contributed by atoms with van der Waals surface area (Å²) in [5.74, 6) is -0.934. The molecule has 0 radical (unpaired) electrons. The SMILES string of the molecule is CC(C)(C)OC(=O)Nc1ccc(F)cc1NC(=O)c1ccc(Br)s1. The molecule has 0 bridgehead atoms. The van der Waals surface area contributed by atoms with Gasteiger partial charge in [-0.3, -0.25) is 10.1 Å². The Labute approximate surface area is 151 Å². The standard InChI is InChI=1S/C16H16BrFN2O3S/c1-16(2,3)23-15(22)20-10-5-4-9(18)8-11(10)19-14(21)12-6-7-13(17)24-12/h4-8H,1-3H3,(H,19,21)(H,20,22). The monoisotopic (exact) mass is 414 g/mol. The zero-order valence-electron chi connectivity index (χ0n) is 13.3. The second-order valence-corrected chi connectivity index (χ2v) is 8.34. The average Bonchev–Trinajstić information content (AvgIpc) is 2.86. The summed E-state index contributed by atoms with van der Waals surface area (Å²) in [6.07, 6.45) is -0.691. The molecule has 1 aromatic heterocycles. The van der Waals surface area contributed by atoms with Crippen molar-refractivity contribution < 1.29 is 18.7 Å². The van der Waals surface area contributed by atoms with Crippen LogP contribution in [0.5, 0.6) is 0 Å². The van der Waals surface area contributed by atoms with Crippen LogP contribution >= 0.6 is 27.3 Å². The fourth-order valence-electron chi connectivity index (χ4n) is 1.76. The predicted molar refractivity (Wildman–Crippen MR) is 96.2 cm³/mol. The molecule has 1 heterocycles. The zero-order chi connectivity index (χ0) is 17.9. The molecule has 2 N–H and O–H groups in total. The maximum atomic E-state index is 13.5. The maximum Gasteiger partial charge on any atom is 0.412 e. The number of ether oxygens (including phenoxy) is 1. The minimum absolute atomic E-state index is 0.149. The van der Waals surface area contributed by atoms with Gasteiger partial charge in [-0.05, 0) is 67.0 Å². The fraction of sp³-hybridized carbons (Fsp3) is 0.250. The van der Waals surface area contributed by atoms with Crippen molar-refractivity contribution in [2.45, 2.75) is 26.4 Å². The summed E-state index contributed by atoms with van der Waals surface area (Å²) >= 11 is 4.52. The van der Waals surface area contributed by atoms with Gasteiger partial charge in [-0.2, -0.15) is 0 Å². The smallest absolute Gasteiger partial charge is 0.412 e. The van der Waals surface area contributed by atoms with Crippen LogP contribution in [0.25, 0.3) is 0 Å². The largest absolute Gasteiger partial charge is 0.444 e. The first-order valence-electron chi connectivity index (χ1n) is 7.00. The number of nitrogens with one attached hydrogen (secondary N) is 2. The molecule has 2 amide bonds. The van der Waals surface area contributed by atoms with E-state index >= 15 is 0 Å². The van der Waals surface area contributed by atoms with Crippen molar-refractivity contribution in [3.8, 4) is 0 Å². The maximum absolute atomic E-state index is 13.5. The zero-order valence-corrected chi connectivity index (χ0v) is 15.7. The minimum Gasteiger partial charge on any atom is -0.444 e. The van der Waals surface area contributed by atoms with Crippen LogP contribution in [-0.2, 0) is 4.74 Å². The van der Waals surface area contributed by atoms with Gasteiger partial charge in [-0.25, -0.2) is 9.18 Å². The third kappa shape index (κ3) is 5.31. The fourth-order valence-corrected chi connectivity index (χ4v) is 3.04. The molecule has 2 aromatic rings. The number of carbonyl (C=O) groups is 2. The number of amides is 2. The summed E-state index contributed by atoms with van der Waals surface area (Å²) in [7, 11) is 0. The molecule has 0 aliphatic heterocycles. The van der Waals surface area contributed by atoms with E-state index in [1.165, 1.54) is 23.5 Å². The van der Waals surface area contributed by atoms with E-state index in [1.54, 1.807) is 32.9 Å². The molecule has 0 aliphatic rings. The van der Waals surface area contributed by atoms with Gasteiger partial charge < -0.3 is 10.1 Å². The van der Waals surface area contributed by atoms with Gasteiger partial charge >= 0.3 is 6.09 Å². The molecule has 5 nitrogen and oxygen atoms in total. The highest BCUT2D eigenvalue weighted by atomic mass is 79.9. The van der Waals surface area contributed by atoms with Gasteiger partial charge in [0.25, 0.3) is 5.91 Å². The quantitative estimate of drug-likeness (QED) is 0.720. The number of thiophene rings is 1. The van der Waals surface area contributed by atoms with E-state index < -0.39 is 23.4 Å². The summed E-state index contributed by atoms with van der Waals surface area (Å²) in [6, 6.07) is 7.06. The van der Waals surface area contributed by atoms with Gasteiger partial charge in [0.15, 0.2) is 0 Å². The molecule has 0 unspecified atom stereocenters. The van der Waals surface area contributed by atoms with Crippen LogP contribution in [0.15, 0.2) is 34.1 Å². The van der Waals surface area contributed by atoms with Crippen LogP contribution in [0.1, 0.15) is 30.4 Å². The van der Waals surface area contributed by atoms with Gasteiger partial charge in [0.1, 0.15) is 11.4 Å². The molecule has 0 fully saturated rings. The van der Waals surface area contributed by atoms with Crippen molar-refractivity contribution in [3.05, 3.63) is 44.8 Å². The summed E-state index contributed by atoms with van der Waals surface area (Å²) in [4.78, 5) is 24.6. The van der Waals surface area contributed by atoms with Crippen LogP contribution in [0.3, 0.4) is 0 Å². The summed E-state index contributed by atoms with van der Waals surface area (Å²) in [6.45, 7) is 5.19. The third-order valence-corrected chi connectivity index (χ3v) is 4.28. The molecule has 0 aliphatic carbocycles. The lowest BCUT2D eigenvalue weighted by Crippen LogP contribution is -2.27. The van der Waals surface area contributed by atoms with Gasteiger partial charge in [-0.1, -0.05) is 0 Å². The lowest BCUT2D eigenvalue weighted by Gasteiger charge is -2.20. The van der Waals surface area contributed by atoms with E-state index in [4.69, 9.17) is 4.74 Å². The highest BCUT2D eigenvalue weighted by Gasteiger charge is 2.18. The van der Waals surface area contributed by atoms with Crippen LogP contribution in [0.4, 0.5) is 20.6 Å². The topological polar surface area (TPSA) is 67.4 Å². The average molecular weight is 415 g/mol. The molecule has 24 heavy (non-hydrogen) atoms. The molecular formula is C16H16BrFN2O3S. The molecule has 1 aromatic carbocycles. The lowest BCUT2D eigenvalue weighted by molar-refractivity contribution is 0.0635. The number of halogens is 2. The lowest BCUT2D eigenvalue weighted by atomic mass is 10.2. The molecule has 8 heteroatoms. The summed E-state index contributed by atoms with van der Waals surface area (Å²) < 4.78 is 19.5. The van der Waals surface area contributed by atoms with E-state index in [2.05, 4.69) is 26.6 Å². The van der Waals surface area contributed by atoms with Gasteiger partial charge in [0.2, 0.25) is 0 Å². The highest BCUT2D eigenvalue weighted by Crippen LogP contribution is 2.27. The first-order valence-corrected chi connectivity index (χ1v) is 8.61. The second kappa shape index (κ2) is 7.31. The Bertz CT molecular complexity index is 771. The van der Waals surface area contributed by atoms with Crippen LogP contribution < -0.4 is 10.6 Å². The Kier molecular flexibility index (Phi) is 5.61. The first kappa shape index (κ1) is 18.4. The predicted octanol–water partition coefficient (Wildman–Crippen LogP) is 5.25. The number of benzene rings is 1. The van der Waals surface area contributed by atoms with Crippen LogP contribution in [0.2, 0.25) is 0 Å². The van der Waals surface area contributed by atoms with Gasteiger partial charge in [0.05, 0.1) is 20.0 Å². The van der Waals surface area contributed by atoms with Gasteiger partial charge in [-0.15, -0.1) is 11.3 Å². The Balaban J connectivity index is 2.18. The Morgan fingerprint density at radius 3 is 2.42 bits per heavy atom. The van der Waals surface area contributed by atoms with E-state index in [0.717, 1.165) is 9.85 Å². The van der Waals surface area contributed by atoms with Crippen molar-refractivity contribution in [1.29, 1.82) is 0 Å². The molecule has 0 saturated carbocycles. The molecule has 0 atom stereocenters. The normalized spacial score (nSPS) is 11.0. The van der Waals surface area contributed by atoms with Crippen LogP contribution in [0, 0.1) is 5.82 Å². The van der Waals surface area contributed by atoms with E-state index in [-0.39, 0.29) is 11.4 Å². The molecule has 128 valence electrons. The van der Waals surface area contributed by atoms with E-state index in [9.17, 15) is 14.0 Å². The Morgan fingerprint density at radius 1 is 1.12 bits per heavy atom. The minimum atomic E-state index is -0.691. The Morgan fingerprint density at radius 2 is 1.83 bits per heavy atom.